The summed E-state index contributed by atoms with van der Waals surface area (Å²) in [5.74, 6) is 0.0675. The Morgan fingerprint density at radius 1 is 0.973 bits per heavy atom. The third-order valence-electron chi connectivity index (χ3n) is 6.93. The van der Waals surface area contributed by atoms with E-state index < -0.39 is 0 Å². The second kappa shape index (κ2) is 10.3. The van der Waals surface area contributed by atoms with Gasteiger partial charge in [-0.1, -0.05) is 54.1 Å². The number of carbonyl (C=O) groups is 3. The topological polar surface area (TPSA) is 92.9 Å². The lowest BCUT2D eigenvalue weighted by atomic mass is 9.96. The van der Waals surface area contributed by atoms with E-state index in [1.54, 1.807) is 40.1 Å². The Balaban J connectivity index is 1.34. The maximum atomic E-state index is 13.5. The van der Waals surface area contributed by atoms with Crippen LogP contribution in [0.3, 0.4) is 0 Å². The summed E-state index contributed by atoms with van der Waals surface area (Å²) >= 11 is 0. The number of nitrogens with two attached hydrogens (primary N) is 1. The van der Waals surface area contributed by atoms with Crippen molar-refractivity contribution in [3.8, 4) is 5.75 Å². The lowest BCUT2D eigenvalue weighted by molar-refractivity contribution is -0.123. The third kappa shape index (κ3) is 5.26. The summed E-state index contributed by atoms with van der Waals surface area (Å²) in [5, 5.41) is 0. The Morgan fingerprint density at radius 3 is 2.32 bits per heavy atom. The van der Waals surface area contributed by atoms with E-state index in [1.807, 2.05) is 55.5 Å². The molecule has 0 saturated carbocycles. The maximum Gasteiger partial charge on any atom is 0.294 e. The van der Waals surface area contributed by atoms with E-state index in [4.69, 9.17) is 10.5 Å². The summed E-state index contributed by atoms with van der Waals surface area (Å²) in [4.78, 5) is 41.2. The van der Waals surface area contributed by atoms with Crippen LogP contribution < -0.4 is 15.4 Å². The highest BCUT2D eigenvalue weighted by Crippen LogP contribution is 2.36. The van der Waals surface area contributed by atoms with E-state index in [9.17, 15) is 14.4 Å². The molecule has 0 spiro atoms. The molecule has 7 nitrogen and oxygen atoms in total. The predicted molar refractivity (Wildman–Crippen MR) is 142 cm³/mol. The molecule has 3 aromatic carbocycles. The molecule has 2 N–H and O–H groups in total. The van der Waals surface area contributed by atoms with Crippen LogP contribution in [0.25, 0.3) is 6.08 Å². The van der Waals surface area contributed by atoms with Gasteiger partial charge in [-0.3, -0.25) is 19.3 Å². The van der Waals surface area contributed by atoms with E-state index in [0.717, 1.165) is 22.4 Å². The zero-order chi connectivity index (χ0) is 25.9. The van der Waals surface area contributed by atoms with Gasteiger partial charge in [0.2, 0.25) is 5.91 Å². The van der Waals surface area contributed by atoms with Crippen molar-refractivity contribution in [2.75, 3.05) is 18.0 Å². The number of anilines is 1. The second-order valence-corrected chi connectivity index (χ2v) is 9.55. The zero-order valence-corrected chi connectivity index (χ0v) is 20.7. The molecule has 188 valence electrons. The number of fused-ring (bicyclic) bond motifs is 1. The molecule has 5 rings (SSSR count). The minimum atomic E-state index is -0.302. The number of hydrogen-bond acceptors (Lipinski definition) is 4. The van der Waals surface area contributed by atoms with Crippen LogP contribution in [-0.2, 0) is 16.1 Å². The van der Waals surface area contributed by atoms with Crippen LogP contribution in [0.4, 0.5) is 5.69 Å². The molecule has 0 unspecified atom stereocenters. The van der Waals surface area contributed by atoms with Crippen molar-refractivity contribution >= 4 is 29.5 Å². The monoisotopic (exact) mass is 495 g/mol. The molecule has 3 aromatic rings. The zero-order valence-electron chi connectivity index (χ0n) is 20.7. The van der Waals surface area contributed by atoms with Gasteiger partial charge in [-0.2, -0.15) is 0 Å². The number of piperidine rings is 1. The van der Waals surface area contributed by atoms with Crippen LogP contribution in [0.5, 0.6) is 5.75 Å². The highest BCUT2D eigenvalue weighted by Gasteiger charge is 2.30. The standard InChI is InChI=1S/C30H29N3O4/c1-20-6-8-22(9-7-20)19-33-25-4-2-3-5-26(25)37-27(30(33)36)18-21-10-12-24(13-11-21)29(35)32-16-14-23(15-17-32)28(31)34/h2-13,18,23H,14-17,19H2,1H3,(H2,31,34). The molecule has 2 heterocycles. The van der Waals surface area contributed by atoms with E-state index in [2.05, 4.69) is 0 Å². The van der Waals surface area contributed by atoms with Crippen molar-refractivity contribution in [1.29, 1.82) is 0 Å². The van der Waals surface area contributed by atoms with Crippen molar-refractivity contribution in [3.63, 3.8) is 0 Å². The van der Waals surface area contributed by atoms with E-state index in [-0.39, 0.29) is 29.4 Å². The molecule has 2 aliphatic heterocycles. The quantitative estimate of drug-likeness (QED) is 0.534. The summed E-state index contributed by atoms with van der Waals surface area (Å²) in [6.45, 7) is 3.48. The Morgan fingerprint density at radius 2 is 1.65 bits per heavy atom. The highest BCUT2D eigenvalue weighted by atomic mass is 16.5. The van der Waals surface area contributed by atoms with Crippen LogP contribution in [-0.4, -0.2) is 35.7 Å². The minimum absolute atomic E-state index is 0.0784. The smallest absolute Gasteiger partial charge is 0.294 e. The summed E-state index contributed by atoms with van der Waals surface area (Å²) < 4.78 is 5.99. The minimum Gasteiger partial charge on any atom is -0.449 e. The van der Waals surface area contributed by atoms with Gasteiger partial charge >= 0.3 is 0 Å². The number of carbonyl (C=O) groups excluding carboxylic acids is 3. The van der Waals surface area contributed by atoms with Crippen molar-refractivity contribution in [1.82, 2.24) is 4.90 Å². The number of amides is 3. The van der Waals surface area contributed by atoms with E-state index in [1.165, 1.54) is 0 Å². The van der Waals surface area contributed by atoms with Crippen molar-refractivity contribution in [3.05, 3.63) is 101 Å². The van der Waals surface area contributed by atoms with Crippen LogP contribution in [0.2, 0.25) is 0 Å². The molecule has 0 aliphatic carbocycles. The van der Waals surface area contributed by atoms with Crippen LogP contribution >= 0.6 is 0 Å². The molecule has 0 aromatic heterocycles. The first-order chi connectivity index (χ1) is 17.9. The molecule has 0 bridgehead atoms. The fourth-order valence-corrected chi connectivity index (χ4v) is 4.72. The number of para-hydroxylation sites is 2. The molecule has 37 heavy (non-hydrogen) atoms. The van der Waals surface area contributed by atoms with E-state index >= 15 is 0 Å². The Bertz CT molecular complexity index is 1350. The molecule has 3 amide bonds. The summed E-state index contributed by atoms with van der Waals surface area (Å²) in [5.41, 5.74) is 9.62. The van der Waals surface area contributed by atoms with Gasteiger partial charge in [0.25, 0.3) is 11.8 Å². The first-order valence-electron chi connectivity index (χ1n) is 12.4. The summed E-state index contributed by atoms with van der Waals surface area (Å²) in [7, 11) is 0. The fraction of sp³-hybridized carbons (Fsp3) is 0.233. The molecule has 0 atom stereocenters. The molecule has 1 fully saturated rings. The number of nitrogens with zero attached hydrogens (tertiary/aromatic N) is 2. The number of primary amides is 1. The Hall–Kier alpha value is -4.39. The lowest BCUT2D eigenvalue weighted by Gasteiger charge is -2.31. The molecule has 2 aliphatic rings. The van der Waals surface area contributed by atoms with Crippen LogP contribution in [0.15, 0.2) is 78.6 Å². The van der Waals surface area contributed by atoms with E-state index in [0.29, 0.717) is 43.8 Å². The van der Waals surface area contributed by atoms with Crippen molar-refractivity contribution in [2.45, 2.75) is 26.3 Å². The number of rotatable bonds is 5. The molecule has 1 saturated heterocycles. The van der Waals surface area contributed by atoms with Gasteiger partial charge in [0, 0.05) is 24.6 Å². The molecule has 7 heteroatoms. The van der Waals surface area contributed by atoms with Crippen molar-refractivity contribution in [2.24, 2.45) is 11.7 Å². The largest absolute Gasteiger partial charge is 0.449 e. The number of likely N-dealkylation sites (tertiary alicyclic amines) is 1. The van der Waals surface area contributed by atoms with Gasteiger partial charge in [-0.05, 0) is 61.2 Å². The average molecular weight is 496 g/mol. The number of aryl methyl sites for hydroxylation is 1. The highest BCUT2D eigenvalue weighted by molar-refractivity contribution is 6.09. The van der Waals surface area contributed by atoms with Crippen LogP contribution in [0, 0.1) is 12.8 Å². The summed E-state index contributed by atoms with van der Waals surface area (Å²) in [6.07, 6.45) is 2.88. The first kappa shape index (κ1) is 24.3. The molecular formula is C30H29N3O4. The van der Waals surface area contributed by atoms with Gasteiger partial charge < -0.3 is 15.4 Å². The second-order valence-electron chi connectivity index (χ2n) is 9.55. The van der Waals surface area contributed by atoms with Gasteiger partial charge in [-0.25, -0.2) is 0 Å². The van der Waals surface area contributed by atoms with Gasteiger partial charge in [0.15, 0.2) is 11.5 Å². The number of ether oxygens (including phenoxy) is 1. The maximum absolute atomic E-state index is 13.5. The Kier molecular flexibility index (Phi) is 6.77. The van der Waals surface area contributed by atoms with Gasteiger partial charge in [0.05, 0.1) is 12.2 Å². The normalized spacial score (nSPS) is 16.9. The summed E-state index contributed by atoms with van der Waals surface area (Å²) in [6, 6.07) is 22.7. The van der Waals surface area contributed by atoms with Crippen molar-refractivity contribution < 1.29 is 19.1 Å². The third-order valence-corrected chi connectivity index (χ3v) is 6.93. The molecular weight excluding hydrogens is 466 g/mol. The average Bonchev–Trinajstić information content (AvgIpc) is 2.92. The first-order valence-corrected chi connectivity index (χ1v) is 12.4. The SMILES string of the molecule is Cc1ccc(CN2C(=O)C(=Cc3ccc(C(=O)N4CCC(C(N)=O)CC4)cc3)Oc3ccccc32)cc1. The number of hydrogen-bond donors (Lipinski definition) is 1. The van der Waals surface area contributed by atoms with Gasteiger partial charge in [0.1, 0.15) is 0 Å². The van der Waals surface area contributed by atoms with Gasteiger partial charge in [-0.15, -0.1) is 0 Å². The van der Waals surface area contributed by atoms with Crippen LogP contribution in [0.1, 0.15) is 39.9 Å². The fourth-order valence-electron chi connectivity index (χ4n) is 4.72. The Labute approximate surface area is 216 Å². The lowest BCUT2D eigenvalue weighted by Crippen LogP contribution is -2.41. The predicted octanol–water partition coefficient (Wildman–Crippen LogP) is 4.30. The number of benzene rings is 3. The molecule has 0 radical (unpaired) electrons.